The first-order valence-corrected chi connectivity index (χ1v) is 5.50. The second-order valence-corrected chi connectivity index (χ2v) is 3.81. The van der Waals surface area contributed by atoms with Crippen LogP contribution in [0.1, 0.15) is 23.0 Å². The molecular weight excluding hydrogens is 230 g/mol. The molecule has 0 aliphatic heterocycles. The van der Waals surface area contributed by atoms with Gasteiger partial charge in [-0.2, -0.15) is 5.26 Å². The Labute approximate surface area is 106 Å². The summed E-state index contributed by atoms with van der Waals surface area (Å²) in [5, 5.41) is 11.3. The lowest BCUT2D eigenvalue weighted by molar-refractivity contribution is 0.0922. The van der Waals surface area contributed by atoms with Gasteiger partial charge in [-0.15, -0.1) is 0 Å². The van der Waals surface area contributed by atoms with Gasteiger partial charge in [0.1, 0.15) is 11.8 Å². The van der Waals surface area contributed by atoms with E-state index < -0.39 is 0 Å². The van der Waals surface area contributed by atoms with E-state index in [1.807, 2.05) is 13.0 Å². The number of carbonyl (C=O) groups is 1. The van der Waals surface area contributed by atoms with Crippen molar-refractivity contribution < 1.29 is 9.53 Å². The first kappa shape index (κ1) is 13.9. The molecule has 0 fully saturated rings. The summed E-state index contributed by atoms with van der Waals surface area (Å²) in [4.78, 5) is 15.5. The SMILES string of the molecule is C=C(C)COCCNC(=O)c1ccc(C#N)cn1. The summed E-state index contributed by atoms with van der Waals surface area (Å²) in [5.74, 6) is -0.279. The van der Waals surface area contributed by atoms with Crippen molar-refractivity contribution >= 4 is 5.91 Å². The third kappa shape index (κ3) is 4.76. The zero-order valence-electron chi connectivity index (χ0n) is 10.3. The zero-order chi connectivity index (χ0) is 13.4. The summed E-state index contributed by atoms with van der Waals surface area (Å²) in [6.45, 7) is 6.90. The van der Waals surface area contributed by atoms with E-state index in [1.165, 1.54) is 12.3 Å². The molecule has 1 amide bonds. The molecule has 1 rings (SSSR count). The fourth-order valence-electron chi connectivity index (χ4n) is 1.17. The van der Waals surface area contributed by atoms with Crippen molar-refractivity contribution in [1.82, 2.24) is 10.3 Å². The molecule has 0 aromatic carbocycles. The molecule has 0 aliphatic carbocycles. The van der Waals surface area contributed by atoms with Crippen molar-refractivity contribution in [2.45, 2.75) is 6.92 Å². The molecule has 5 nitrogen and oxygen atoms in total. The zero-order valence-corrected chi connectivity index (χ0v) is 10.3. The van der Waals surface area contributed by atoms with Gasteiger partial charge >= 0.3 is 0 Å². The molecule has 0 bridgehead atoms. The fourth-order valence-corrected chi connectivity index (χ4v) is 1.17. The molecule has 1 heterocycles. The number of aromatic nitrogens is 1. The maximum atomic E-state index is 11.6. The van der Waals surface area contributed by atoms with Crippen LogP contribution in [0, 0.1) is 11.3 Å². The Bertz CT molecular complexity index is 460. The number of carbonyl (C=O) groups excluding carboxylic acids is 1. The standard InChI is InChI=1S/C13H15N3O2/c1-10(2)9-18-6-5-15-13(17)12-4-3-11(7-14)8-16-12/h3-4,8H,1,5-6,9H2,2H3,(H,15,17). The molecule has 0 spiro atoms. The van der Waals surface area contributed by atoms with Gasteiger partial charge in [0, 0.05) is 12.7 Å². The molecule has 1 aromatic rings. The molecule has 0 saturated heterocycles. The van der Waals surface area contributed by atoms with Gasteiger partial charge in [0.25, 0.3) is 5.91 Å². The van der Waals surface area contributed by atoms with Crippen LogP contribution in [0.5, 0.6) is 0 Å². The van der Waals surface area contributed by atoms with Crippen LogP contribution in [0.4, 0.5) is 0 Å². The molecule has 1 aromatic heterocycles. The van der Waals surface area contributed by atoms with Crippen molar-refractivity contribution in [1.29, 1.82) is 5.26 Å². The van der Waals surface area contributed by atoms with Gasteiger partial charge < -0.3 is 10.1 Å². The smallest absolute Gasteiger partial charge is 0.269 e. The van der Waals surface area contributed by atoms with E-state index in [4.69, 9.17) is 10.00 Å². The van der Waals surface area contributed by atoms with Gasteiger partial charge in [-0.3, -0.25) is 4.79 Å². The largest absolute Gasteiger partial charge is 0.375 e. The van der Waals surface area contributed by atoms with Gasteiger partial charge in [0.05, 0.1) is 18.8 Å². The van der Waals surface area contributed by atoms with Crippen LogP contribution in [0.2, 0.25) is 0 Å². The van der Waals surface area contributed by atoms with E-state index in [0.29, 0.717) is 25.3 Å². The van der Waals surface area contributed by atoms with Crippen molar-refractivity contribution in [2.24, 2.45) is 0 Å². The van der Waals surface area contributed by atoms with Gasteiger partial charge in [-0.25, -0.2) is 4.98 Å². The number of nitrogens with one attached hydrogen (secondary N) is 1. The molecule has 0 atom stereocenters. The summed E-state index contributed by atoms with van der Waals surface area (Å²) in [5.41, 5.74) is 1.65. The number of nitriles is 1. The number of amides is 1. The predicted octanol–water partition coefficient (Wildman–Crippen LogP) is 1.28. The highest BCUT2D eigenvalue weighted by Gasteiger charge is 2.05. The Morgan fingerprint density at radius 2 is 2.39 bits per heavy atom. The Kier molecular flexibility index (Phi) is 5.55. The number of hydrogen-bond acceptors (Lipinski definition) is 4. The summed E-state index contributed by atoms with van der Waals surface area (Å²) in [7, 11) is 0. The summed E-state index contributed by atoms with van der Waals surface area (Å²) < 4.78 is 5.24. The van der Waals surface area contributed by atoms with E-state index in [9.17, 15) is 4.79 Å². The van der Waals surface area contributed by atoms with Crippen LogP contribution in [0.25, 0.3) is 0 Å². The minimum absolute atomic E-state index is 0.279. The second kappa shape index (κ2) is 7.20. The topological polar surface area (TPSA) is 75.0 Å². The monoisotopic (exact) mass is 245 g/mol. The quantitative estimate of drug-likeness (QED) is 0.605. The number of nitrogens with zero attached hydrogens (tertiary/aromatic N) is 2. The Balaban J connectivity index is 2.32. The van der Waals surface area contributed by atoms with Crippen molar-refractivity contribution in [3.8, 4) is 6.07 Å². The molecule has 1 N–H and O–H groups in total. The summed E-state index contributed by atoms with van der Waals surface area (Å²) in [6.07, 6.45) is 1.37. The highest BCUT2D eigenvalue weighted by Crippen LogP contribution is 1.98. The first-order valence-electron chi connectivity index (χ1n) is 5.50. The van der Waals surface area contributed by atoms with Gasteiger partial charge in [0.15, 0.2) is 0 Å². The van der Waals surface area contributed by atoms with E-state index in [2.05, 4.69) is 16.9 Å². The Morgan fingerprint density at radius 3 is 2.94 bits per heavy atom. The van der Waals surface area contributed by atoms with Crippen molar-refractivity contribution in [3.63, 3.8) is 0 Å². The average molecular weight is 245 g/mol. The second-order valence-electron chi connectivity index (χ2n) is 3.81. The third-order valence-corrected chi connectivity index (χ3v) is 2.01. The minimum Gasteiger partial charge on any atom is -0.375 e. The van der Waals surface area contributed by atoms with Crippen LogP contribution >= 0.6 is 0 Å². The van der Waals surface area contributed by atoms with E-state index in [1.54, 1.807) is 6.07 Å². The van der Waals surface area contributed by atoms with Crippen LogP contribution in [-0.4, -0.2) is 30.6 Å². The summed E-state index contributed by atoms with van der Waals surface area (Å²) in [6, 6.07) is 5.01. The molecule has 5 heteroatoms. The molecule has 18 heavy (non-hydrogen) atoms. The maximum absolute atomic E-state index is 11.6. The third-order valence-electron chi connectivity index (χ3n) is 2.01. The fraction of sp³-hybridized carbons (Fsp3) is 0.308. The highest BCUT2D eigenvalue weighted by atomic mass is 16.5. The first-order chi connectivity index (χ1) is 8.63. The molecule has 0 radical (unpaired) electrons. The van der Waals surface area contributed by atoms with Gasteiger partial charge in [-0.05, 0) is 19.1 Å². The molecular formula is C13H15N3O2. The van der Waals surface area contributed by atoms with Crippen molar-refractivity contribution in [2.75, 3.05) is 19.8 Å². The van der Waals surface area contributed by atoms with Crippen molar-refractivity contribution in [3.05, 3.63) is 41.7 Å². The summed E-state index contributed by atoms with van der Waals surface area (Å²) >= 11 is 0. The Hall–Kier alpha value is -2.19. The van der Waals surface area contributed by atoms with E-state index >= 15 is 0 Å². The molecule has 0 saturated carbocycles. The molecule has 0 unspecified atom stereocenters. The number of hydrogen-bond donors (Lipinski definition) is 1. The average Bonchev–Trinajstić information content (AvgIpc) is 2.38. The van der Waals surface area contributed by atoms with Gasteiger partial charge in [0.2, 0.25) is 0 Å². The normalized spacial score (nSPS) is 9.56. The van der Waals surface area contributed by atoms with Crippen LogP contribution in [0.15, 0.2) is 30.5 Å². The number of ether oxygens (including phenoxy) is 1. The van der Waals surface area contributed by atoms with E-state index in [0.717, 1.165) is 5.57 Å². The molecule has 94 valence electrons. The van der Waals surface area contributed by atoms with Crippen LogP contribution in [0.3, 0.4) is 0 Å². The predicted molar refractivity (Wildman–Crippen MR) is 66.9 cm³/mol. The molecule has 0 aliphatic rings. The lowest BCUT2D eigenvalue weighted by atomic mass is 10.2. The van der Waals surface area contributed by atoms with E-state index in [-0.39, 0.29) is 11.6 Å². The minimum atomic E-state index is -0.279. The number of pyridine rings is 1. The van der Waals surface area contributed by atoms with Gasteiger partial charge in [-0.1, -0.05) is 12.2 Å². The van der Waals surface area contributed by atoms with Crippen LogP contribution in [-0.2, 0) is 4.74 Å². The number of rotatable bonds is 6. The Morgan fingerprint density at radius 1 is 1.61 bits per heavy atom. The maximum Gasteiger partial charge on any atom is 0.269 e. The highest BCUT2D eigenvalue weighted by molar-refractivity contribution is 5.92. The lowest BCUT2D eigenvalue weighted by Gasteiger charge is -2.05. The van der Waals surface area contributed by atoms with Crippen LogP contribution < -0.4 is 5.32 Å². The lowest BCUT2D eigenvalue weighted by Crippen LogP contribution is -2.28.